The monoisotopic (exact) mass is 251 g/mol. The van der Waals surface area contributed by atoms with Gasteiger partial charge in [0.2, 0.25) is 0 Å². The highest BCUT2D eigenvalue weighted by Gasteiger charge is 2.25. The van der Waals surface area contributed by atoms with E-state index in [1.807, 2.05) is 6.07 Å². The minimum absolute atomic E-state index is 0.704. The van der Waals surface area contributed by atoms with Gasteiger partial charge in [-0.2, -0.15) is 0 Å². The van der Waals surface area contributed by atoms with E-state index in [1.165, 1.54) is 25.7 Å². The van der Waals surface area contributed by atoms with Gasteiger partial charge in [0.15, 0.2) is 0 Å². The predicted molar refractivity (Wildman–Crippen MR) is 72.6 cm³/mol. The number of ether oxygens (including phenoxy) is 1. The van der Waals surface area contributed by atoms with Crippen LogP contribution in [0.1, 0.15) is 31.4 Å². The summed E-state index contributed by atoms with van der Waals surface area (Å²) in [5.74, 6) is 2.70. The van der Waals surface area contributed by atoms with Crippen LogP contribution in [0.2, 0.25) is 0 Å². The summed E-state index contributed by atoms with van der Waals surface area (Å²) in [6.45, 7) is 2.81. The number of rotatable bonds is 8. The molecule has 1 aromatic rings. The first kappa shape index (κ1) is 13.6. The Labute approximate surface area is 110 Å². The highest BCUT2D eigenvalue weighted by Crippen LogP contribution is 2.33. The van der Waals surface area contributed by atoms with Gasteiger partial charge in [-0.15, -0.1) is 0 Å². The van der Waals surface area contributed by atoms with Crippen molar-refractivity contribution in [3.05, 3.63) is 24.2 Å². The topological polar surface area (TPSA) is 34.4 Å². The molecule has 1 fully saturated rings. The van der Waals surface area contributed by atoms with Crippen molar-refractivity contribution in [3.63, 3.8) is 0 Å². The molecular weight excluding hydrogens is 226 g/mol. The summed E-state index contributed by atoms with van der Waals surface area (Å²) in [7, 11) is 1.75. The van der Waals surface area contributed by atoms with E-state index in [2.05, 4.69) is 11.4 Å². The molecule has 1 aliphatic rings. The standard InChI is InChI=1S/C15H25NO2/c1-17-10-8-16-12-14(13-5-2-3-6-13)11-15-7-4-9-18-15/h4,7,9,13-14,16H,2-3,5-6,8,10-12H2,1H3. The van der Waals surface area contributed by atoms with Gasteiger partial charge in [0.1, 0.15) is 5.76 Å². The van der Waals surface area contributed by atoms with Crippen LogP contribution in [0.15, 0.2) is 22.8 Å². The van der Waals surface area contributed by atoms with Gasteiger partial charge in [0.05, 0.1) is 12.9 Å². The summed E-state index contributed by atoms with van der Waals surface area (Å²) < 4.78 is 10.6. The van der Waals surface area contributed by atoms with Crippen molar-refractivity contribution in [2.45, 2.75) is 32.1 Å². The van der Waals surface area contributed by atoms with E-state index < -0.39 is 0 Å². The molecular formula is C15H25NO2. The molecule has 1 aliphatic carbocycles. The van der Waals surface area contributed by atoms with E-state index in [9.17, 15) is 0 Å². The molecule has 0 bridgehead atoms. The highest BCUT2D eigenvalue weighted by molar-refractivity contribution is 5.00. The molecule has 1 saturated carbocycles. The molecule has 1 unspecified atom stereocenters. The zero-order chi connectivity index (χ0) is 12.6. The van der Waals surface area contributed by atoms with Crippen molar-refractivity contribution >= 4 is 0 Å². The quantitative estimate of drug-likeness (QED) is 0.721. The number of methoxy groups -OCH3 is 1. The Morgan fingerprint density at radius 3 is 2.94 bits per heavy atom. The summed E-state index contributed by atoms with van der Waals surface area (Å²) >= 11 is 0. The average molecular weight is 251 g/mol. The third-order valence-corrected chi connectivity index (χ3v) is 4.00. The highest BCUT2D eigenvalue weighted by atomic mass is 16.5. The van der Waals surface area contributed by atoms with Gasteiger partial charge in [-0.25, -0.2) is 0 Å². The van der Waals surface area contributed by atoms with Crippen molar-refractivity contribution in [1.29, 1.82) is 0 Å². The summed E-state index contributed by atoms with van der Waals surface area (Å²) in [6, 6.07) is 4.08. The third-order valence-electron chi connectivity index (χ3n) is 4.00. The Kier molecular flexibility index (Phi) is 5.75. The summed E-state index contributed by atoms with van der Waals surface area (Å²) in [6.07, 6.45) is 8.42. The third kappa shape index (κ3) is 4.14. The lowest BCUT2D eigenvalue weighted by atomic mass is 9.87. The molecule has 18 heavy (non-hydrogen) atoms. The zero-order valence-corrected chi connectivity index (χ0v) is 11.4. The van der Waals surface area contributed by atoms with Crippen LogP contribution < -0.4 is 5.32 Å². The Morgan fingerprint density at radius 2 is 2.28 bits per heavy atom. The average Bonchev–Trinajstić information content (AvgIpc) is 3.05. The predicted octanol–water partition coefficient (Wildman–Crippen LogP) is 2.86. The maximum Gasteiger partial charge on any atom is 0.104 e. The van der Waals surface area contributed by atoms with Gasteiger partial charge < -0.3 is 14.5 Å². The molecule has 0 saturated heterocycles. The lowest BCUT2D eigenvalue weighted by Gasteiger charge is -2.23. The lowest BCUT2D eigenvalue weighted by Crippen LogP contribution is -2.31. The van der Waals surface area contributed by atoms with Crippen LogP contribution in [0.25, 0.3) is 0 Å². The fourth-order valence-electron chi connectivity index (χ4n) is 2.98. The van der Waals surface area contributed by atoms with Crippen molar-refractivity contribution in [2.75, 3.05) is 26.8 Å². The van der Waals surface area contributed by atoms with Crippen molar-refractivity contribution in [1.82, 2.24) is 5.32 Å². The largest absolute Gasteiger partial charge is 0.469 e. The van der Waals surface area contributed by atoms with Gasteiger partial charge >= 0.3 is 0 Å². The number of hydrogen-bond donors (Lipinski definition) is 1. The molecule has 1 atom stereocenters. The second-order valence-corrected chi connectivity index (χ2v) is 5.29. The zero-order valence-electron chi connectivity index (χ0n) is 11.4. The van der Waals surface area contributed by atoms with Crippen LogP contribution in [0.3, 0.4) is 0 Å². The summed E-state index contributed by atoms with van der Waals surface area (Å²) in [5, 5.41) is 3.51. The maximum atomic E-state index is 5.50. The molecule has 2 rings (SSSR count). The Hall–Kier alpha value is -0.800. The van der Waals surface area contributed by atoms with E-state index >= 15 is 0 Å². The van der Waals surface area contributed by atoms with Gasteiger partial charge in [-0.05, 0) is 30.5 Å². The van der Waals surface area contributed by atoms with Crippen LogP contribution in [0, 0.1) is 11.8 Å². The smallest absolute Gasteiger partial charge is 0.104 e. The normalized spacial score (nSPS) is 18.3. The first-order chi connectivity index (χ1) is 8.90. The van der Waals surface area contributed by atoms with Crippen molar-refractivity contribution < 1.29 is 9.15 Å². The van der Waals surface area contributed by atoms with Gasteiger partial charge in [0, 0.05) is 20.1 Å². The number of hydrogen-bond acceptors (Lipinski definition) is 3. The molecule has 1 N–H and O–H groups in total. The minimum atomic E-state index is 0.704. The number of furan rings is 1. The molecule has 0 amide bonds. The number of nitrogens with one attached hydrogen (secondary N) is 1. The van der Waals surface area contributed by atoms with E-state index in [4.69, 9.17) is 9.15 Å². The van der Waals surface area contributed by atoms with Crippen LogP contribution in [-0.4, -0.2) is 26.8 Å². The fraction of sp³-hybridized carbons (Fsp3) is 0.733. The molecule has 3 heteroatoms. The summed E-state index contributed by atoms with van der Waals surface area (Å²) in [5.41, 5.74) is 0. The molecule has 0 radical (unpaired) electrons. The summed E-state index contributed by atoms with van der Waals surface area (Å²) in [4.78, 5) is 0. The van der Waals surface area contributed by atoms with Crippen molar-refractivity contribution in [3.8, 4) is 0 Å². The second kappa shape index (κ2) is 7.59. The van der Waals surface area contributed by atoms with Crippen LogP contribution in [0.5, 0.6) is 0 Å². The molecule has 0 aliphatic heterocycles. The van der Waals surface area contributed by atoms with Crippen LogP contribution >= 0.6 is 0 Å². The van der Waals surface area contributed by atoms with Crippen LogP contribution in [-0.2, 0) is 11.2 Å². The Balaban J connectivity index is 1.81. The minimum Gasteiger partial charge on any atom is -0.469 e. The molecule has 1 aromatic heterocycles. The Morgan fingerprint density at radius 1 is 1.44 bits per heavy atom. The lowest BCUT2D eigenvalue weighted by molar-refractivity contribution is 0.194. The van der Waals surface area contributed by atoms with Gasteiger partial charge in [0.25, 0.3) is 0 Å². The first-order valence-electron chi connectivity index (χ1n) is 7.12. The molecule has 0 aromatic carbocycles. The first-order valence-corrected chi connectivity index (χ1v) is 7.12. The molecule has 0 spiro atoms. The van der Waals surface area contributed by atoms with E-state index in [0.717, 1.165) is 37.8 Å². The molecule has 3 nitrogen and oxygen atoms in total. The maximum absolute atomic E-state index is 5.50. The van der Waals surface area contributed by atoms with Gasteiger partial charge in [-0.3, -0.25) is 0 Å². The van der Waals surface area contributed by atoms with Gasteiger partial charge in [-0.1, -0.05) is 25.7 Å². The molecule has 102 valence electrons. The fourth-order valence-corrected chi connectivity index (χ4v) is 2.98. The van der Waals surface area contributed by atoms with Crippen molar-refractivity contribution in [2.24, 2.45) is 11.8 Å². The van der Waals surface area contributed by atoms with Crippen LogP contribution in [0.4, 0.5) is 0 Å². The second-order valence-electron chi connectivity index (χ2n) is 5.29. The molecule has 1 heterocycles. The van der Waals surface area contributed by atoms with E-state index in [1.54, 1.807) is 13.4 Å². The van der Waals surface area contributed by atoms with E-state index in [0.29, 0.717) is 5.92 Å². The SMILES string of the molecule is COCCNCC(Cc1ccco1)C1CCCC1. The Bertz CT molecular complexity index is 304. The van der Waals surface area contributed by atoms with E-state index in [-0.39, 0.29) is 0 Å².